The van der Waals surface area contributed by atoms with Gasteiger partial charge in [0.15, 0.2) is 21.5 Å². The average Bonchev–Trinajstić information content (AvgIpc) is 3.34. The predicted octanol–water partition coefficient (Wildman–Crippen LogP) is 2.39. The van der Waals surface area contributed by atoms with Crippen molar-refractivity contribution in [1.29, 1.82) is 5.26 Å². The summed E-state index contributed by atoms with van der Waals surface area (Å²) in [6.07, 6.45) is 4.96. The van der Waals surface area contributed by atoms with E-state index >= 15 is 0 Å². The van der Waals surface area contributed by atoms with Gasteiger partial charge in [-0.3, -0.25) is 30.0 Å². The summed E-state index contributed by atoms with van der Waals surface area (Å²) in [6, 6.07) is 18.3. The number of pyridine rings is 1. The lowest BCUT2D eigenvalue weighted by Gasteiger charge is -2.11. The fraction of sp³-hybridized carbons (Fsp3) is 0.0769. The molecule has 4 aromatic rings. The summed E-state index contributed by atoms with van der Waals surface area (Å²) in [5.74, 6) is -0.529. The predicted molar refractivity (Wildman–Crippen MR) is 138 cm³/mol. The summed E-state index contributed by atoms with van der Waals surface area (Å²) >= 11 is 0. The van der Waals surface area contributed by atoms with Gasteiger partial charge in [0.25, 0.3) is 11.8 Å². The van der Waals surface area contributed by atoms with E-state index in [1.54, 1.807) is 4.57 Å². The SMILES string of the molecule is Cc1ccccc1-n1c(/C=C/C(=O)NNC(=O)c2ccc(C#N)cc2)nnc1-c1ccc(S(C)(=O)=O)cn1. The van der Waals surface area contributed by atoms with E-state index in [1.165, 1.54) is 54.7 Å². The van der Waals surface area contributed by atoms with E-state index in [0.29, 0.717) is 22.9 Å². The Kier molecular flexibility index (Phi) is 7.40. The third-order valence-electron chi connectivity index (χ3n) is 5.40. The first-order chi connectivity index (χ1) is 18.2. The molecule has 190 valence electrons. The Balaban J connectivity index is 1.58. The van der Waals surface area contributed by atoms with Crippen molar-refractivity contribution in [2.24, 2.45) is 0 Å². The lowest BCUT2D eigenvalue weighted by molar-refractivity contribution is -0.117. The number of nitrogens with one attached hydrogen (secondary N) is 2. The lowest BCUT2D eigenvalue weighted by atomic mass is 10.1. The minimum Gasteiger partial charge on any atom is -0.274 e. The second-order valence-corrected chi connectivity index (χ2v) is 10.1. The van der Waals surface area contributed by atoms with Crippen LogP contribution in [0.4, 0.5) is 0 Å². The van der Waals surface area contributed by atoms with Gasteiger partial charge in [-0.15, -0.1) is 10.2 Å². The molecule has 0 fully saturated rings. The van der Waals surface area contributed by atoms with Crippen LogP contribution in [0.5, 0.6) is 0 Å². The highest BCUT2D eigenvalue weighted by Gasteiger charge is 2.18. The normalized spacial score (nSPS) is 11.2. The van der Waals surface area contributed by atoms with E-state index in [-0.39, 0.29) is 10.5 Å². The van der Waals surface area contributed by atoms with Crippen molar-refractivity contribution in [3.8, 4) is 23.3 Å². The molecule has 2 amide bonds. The monoisotopic (exact) mass is 527 g/mol. The van der Waals surface area contributed by atoms with Crippen LogP contribution in [0.2, 0.25) is 0 Å². The molecule has 0 unspecified atom stereocenters. The third-order valence-corrected chi connectivity index (χ3v) is 6.50. The molecule has 0 atom stereocenters. The minimum absolute atomic E-state index is 0.0723. The fourth-order valence-electron chi connectivity index (χ4n) is 3.43. The van der Waals surface area contributed by atoms with Gasteiger partial charge in [-0.05, 0) is 61.0 Å². The summed E-state index contributed by atoms with van der Waals surface area (Å²) in [4.78, 5) is 29.0. The highest BCUT2D eigenvalue weighted by atomic mass is 32.2. The Morgan fingerprint density at radius 2 is 1.74 bits per heavy atom. The van der Waals surface area contributed by atoms with E-state index in [2.05, 4.69) is 26.0 Å². The highest BCUT2D eigenvalue weighted by molar-refractivity contribution is 7.90. The molecule has 2 aromatic heterocycles. The molecule has 11 nitrogen and oxygen atoms in total. The van der Waals surface area contributed by atoms with E-state index in [4.69, 9.17) is 5.26 Å². The van der Waals surface area contributed by atoms with E-state index in [1.807, 2.05) is 37.3 Å². The van der Waals surface area contributed by atoms with Gasteiger partial charge >= 0.3 is 0 Å². The van der Waals surface area contributed by atoms with Gasteiger partial charge in [-0.25, -0.2) is 8.42 Å². The van der Waals surface area contributed by atoms with E-state index in [0.717, 1.165) is 17.5 Å². The Hall–Kier alpha value is -5.15. The molecule has 0 radical (unpaired) electrons. The molecule has 2 N–H and O–H groups in total. The topological polar surface area (TPSA) is 160 Å². The van der Waals surface area contributed by atoms with Crippen molar-refractivity contribution < 1.29 is 18.0 Å². The second-order valence-electron chi connectivity index (χ2n) is 8.12. The van der Waals surface area contributed by atoms with Crippen molar-refractivity contribution >= 4 is 27.7 Å². The average molecular weight is 528 g/mol. The standard InChI is InChI=1S/C26H21N7O4S/c1-17-5-3-4-6-22(17)33-23(29-31-25(33)21-12-11-20(16-28-21)38(2,36)37)13-14-24(34)30-32-26(35)19-9-7-18(15-27)8-10-19/h3-14,16H,1-2H3,(H,30,34)(H,32,35)/b14-13+. The summed E-state index contributed by atoms with van der Waals surface area (Å²) in [6.45, 7) is 1.90. The van der Waals surface area contributed by atoms with Gasteiger partial charge in [-0.2, -0.15) is 5.26 Å². The van der Waals surface area contributed by atoms with Crippen molar-refractivity contribution in [3.05, 3.63) is 95.5 Å². The van der Waals surface area contributed by atoms with Crippen LogP contribution in [0.3, 0.4) is 0 Å². The van der Waals surface area contributed by atoms with Gasteiger partial charge in [0.1, 0.15) is 5.69 Å². The maximum Gasteiger partial charge on any atom is 0.269 e. The number of nitrogens with zero attached hydrogens (tertiary/aromatic N) is 5. The van der Waals surface area contributed by atoms with Crippen molar-refractivity contribution in [2.45, 2.75) is 11.8 Å². The Bertz CT molecular complexity index is 1680. The number of hydrogen-bond acceptors (Lipinski definition) is 8. The van der Waals surface area contributed by atoms with Crippen LogP contribution in [-0.2, 0) is 14.6 Å². The molecule has 2 heterocycles. The summed E-state index contributed by atoms with van der Waals surface area (Å²) < 4.78 is 25.3. The van der Waals surface area contributed by atoms with E-state index < -0.39 is 21.7 Å². The zero-order valence-corrected chi connectivity index (χ0v) is 21.1. The van der Waals surface area contributed by atoms with Crippen molar-refractivity contribution in [1.82, 2.24) is 30.6 Å². The van der Waals surface area contributed by atoms with Crippen LogP contribution in [0.25, 0.3) is 23.3 Å². The first-order valence-electron chi connectivity index (χ1n) is 11.1. The maximum absolute atomic E-state index is 12.4. The molecule has 4 rings (SSSR count). The quantitative estimate of drug-likeness (QED) is 0.286. The molecule has 0 saturated heterocycles. The minimum atomic E-state index is -3.42. The molecular formula is C26H21N7O4S. The molecule has 0 aliphatic heterocycles. The first-order valence-corrected chi connectivity index (χ1v) is 13.0. The number of nitriles is 1. The van der Waals surface area contributed by atoms with Crippen LogP contribution >= 0.6 is 0 Å². The summed E-state index contributed by atoms with van der Waals surface area (Å²) in [7, 11) is -3.42. The van der Waals surface area contributed by atoms with E-state index in [9.17, 15) is 18.0 Å². The number of carbonyl (C=O) groups excluding carboxylic acids is 2. The smallest absolute Gasteiger partial charge is 0.269 e. The molecule has 2 aromatic carbocycles. The van der Waals surface area contributed by atoms with Crippen LogP contribution in [0, 0.1) is 18.3 Å². The number of benzene rings is 2. The molecular weight excluding hydrogens is 506 g/mol. The largest absolute Gasteiger partial charge is 0.274 e. The lowest BCUT2D eigenvalue weighted by Crippen LogP contribution is -2.40. The molecule has 12 heteroatoms. The number of hydrogen-bond donors (Lipinski definition) is 2. The zero-order chi connectivity index (χ0) is 27.3. The number of rotatable bonds is 6. The van der Waals surface area contributed by atoms with Gasteiger partial charge in [0.2, 0.25) is 0 Å². The molecule has 0 saturated carbocycles. The number of carbonyl (C=O) groups is 2. The number of aromatic nitrogens is 4. The maximum atomic E-state index is 12.4. The van der Waals surface area contributed by atoms with Gasteiger partial charge < -0.3 is 0 Å². The first kappa shape index (κ1) is 25.9. The summed E-state index contributed by atoms with van der Waals surface area (Å²) in [5, 5.41) is 17.3. The highest BCUT2D eigenvalue weighted by Crippen LogP contribution is 2.25. The van der Waals surface area contributed by atoms with Crippen LogP contribution < -0.4 is 10.9 Å². The van der Waals surface area contributed by atoms with Crippen molar-refractivity contribution in [3.63, 3.8) is 0 Å². The number of amides is 2. The van der Waals surface area contributed by atoms with Crippen LogP contribution in [0.1, 0.15) is 27.3 Å². The summed E-state index contributed by atoms with van der Waals surface area (Å²) in [5.41, 5.74) is 7.29. The van der Waals surface area contributed by atoms with Gasteiger partial charge in [-0.1, -0.05) is 18.2 Å². The Labute approximate surface area is 218 Å². The number of para-hydroxylation sites is 1. The second kappa shape index (κ2) is 10.9. The van der Waals surface area contributed by atoms with Gasteiger partial charge in [0.05, 0.1) is 22.2 Å². The zero-order valence-electron chi connectivity index (χ0n) is 20.3. The molecule has 0 aliphatic carbocycles. The fourth-order valence-corrected chi connectivity index (χ4v) is 3.99. The Morgan fingerprint density at radius 3 is 2.37 bits per heavy atom. The molecule has 38 heavy (non-hydrogen) atoms. The number of hydrazine groups is 1. The number of aryl methyl sites for hydroxylation is 1. The Morgan fingerprint density at radius 1 is 1.00 bits per heavy atom. The van der Waals surface area contributed by atoms with Crippen molar-refractivity contribution in [2.75, 3.05) is 6.26 Å². The van der Waals surface area contributed by atoms with Gasteiger partial charge in [0, 0.05) is 24.1 Å². The third kappa shape index (κ3) is 5.80. The van der Waals surface area contributed by atoms with Crippen LogP contribution in [0.15, 0.2) is 77.8 Å². The molecule has 0 spiro atoms. The molecule has 0 aliphatic rings. The molecule has 0 bridgehead atoms. The number of sulfone groups is 1. The van der Waals surface area contributed by atoms with Crippen LogP contribution in [-0.4, -0.2) is 46.2 Å².